The molecular weight excluding hydrogens is 368 g/mol. The third kappa shape index (κ3) is 2.79. The van der Waals surface area contributed by atoms with E-state index in [0.29, 0.717) is 5.82 Å². The Labute approximate surface area is 168 Å². The first-order valence-electron chi connectivity index (χ1n) is 10.2. The van der Waals surface area contributed by atoms with Crippen molar-refractivity contribution in [1.29, 1.82) is 0 Å². The summed E-state index contributed by atoms with van der Waals surface area (Å²) < 4.78 is 0. The molecule has 7 heteroatoms. The molecule has 2 heterocycles. The van der Waals surface area contributed by atoms with E-state index in [9.17, 15) is 14.4 Å². The van der Waals surface area contributed by atoms with Crippen LogP contribution in [0.1, 0.15) is 32.1 Å². The lowest BCUT2D eigenvalue weighted by Crippen LogP contribution is -2.43. The van der Waals surface area contributed by atoms with Crippen LogP contribution in [0.2, 0.25) is 0 Å². The highest BCUT2D eigenvalue weighted by Crippen LogP contribution is 2.52. The average molecular weight is 392 g/mol. The lowest BCUT2D eigenvalue weighted by Gasteiger charge is -2.22. The van der Waals surface area contributed by atoms with E-state index in [-0.39, 0.29) is 59.9 Å². The number of H-pyrrole nitrogens is 1. The van der Waals surface area contributed by atoms with Crippen molar-refractivity contribution in [2.45, 2.75) is 26.3 Å². The second-order valence-electron chi connectivity index (χ2n) is 8.69. The predicted molar refractivity (Wildman–Crippen MR) is 106 cm³/mol. The quantitative estimate of drug-likeness (QED) is 0.602. The van der Waals surface area contributed by atoms with Gasteiger partial charge in [0, 0.05) is 0 Å². The lowest BCUT2D eigenvalue weighted by molar-refractivity contribution is -0.144. The number of rotatable bonds is 5. The zero-order valence-corrected chi connectivity index (χ0v) is 16.5. The van der Waals surface area contributed by atoms with Gasteiger partial charge >= 0.3 is 0 Å². The number of aromatic nitrogens is 2. The van der Waals surface area contributed by atoms with Crippen molar-refractivity contribution in [3.8, 4) is 0 Å². The Hall–Kier alpha value is -2.96. The maximum Gasteiger partial charge on any atom is 0.240 e. The van der Waals surface area contributed by atoms with E-state index in [1.807, 2.05) is 38.1 Å². The zero-order chi connectivity index (χ0) is 20.3. The first kappa shape index (κ1) is 18.1. The number of carbonyl (C=O) groups is 3. The van der Waals surface area contributed by atoms with Crippen molar-refractivity contribution in [3.63, 3.8) is 0 Å². The minimum atomic E-state index is -0.342. The van der Waals surface area contributed by atoms with Crippen molar-refractivity contribution in [3.05, 3.63) is 42.2 Å². The van der Waals surface area contributed by atoms with E-state index in [4.69, 9.17) is 0 Å². The first-order chi connectivity index (χ1) is 13.9. The average Bonchev–Trinajstić information content (AvgIpc) is 3.45. The number of allylic oxidation sites excluding steroid dienone is 2. The first-order valence-corrected chi connectivity index (χ1v) is 10.2. The van der Waals surface area contributed by atoms with Crippen molar-refractivity contribution in [2.24, 2.45) is 29.6 Å². The highest BCUT2D eigenvalue weighted by atomic mass is 16.2. The number of hydrogen-bond donors (Lipinski definition) is 2. The molecule has 2 fully saturated rings. The van der Waals surface area contributed by atoms with Crippen LogP contribution in [0, 0.1) is 29.6 Å². The maximum absolute atomic E-state index is 12.8. The minimum absolute atomic E-state index is 0.0870. The highest BCUT2D eigenvalue weighted by molar-refractivity contribution is 6.08. The lowest BCUT2D eigenvalue weighted by atomic mass is 9.85. The van der Waals surface area contributed by atoms with Crippen LogP contribution in [0.3, 0.4) is 0 Å². The minimum Gasteiger partial charge on any atom is -0.344 e. The van der Waals surface area contributed by atoms with E-state index >= 15 is 0 Å². The zero-order valence-electron chi connectivity index (χ0n) is 16.5. The summed E-state index contributed by atoms with van der Waals surface area (Å²) in [7, 11) is 0. The molecule has 3 amide bonds. The van der Waals surface area contributed by atoms with E-state index in [1.165, 1.54) is 0 Å². The number of nitrogens with one attached hydrogen (secondary N) is 2. The normalized spacial score (nSPS) is 28.6. The molecular formula is C22H24N4O3. The maximum atomic E-state index is 12.8. The number of likely N-dealkylation sites (tertiary alicyclic amines) is 1. The number of nitrogens with zero attached hydrogens (tertiary/aromatic N) is 2. The predicted octanol–water partition coefficient (Wildman–Crippen LogP) is 2.18. The standard InChI is InChI=1S/C22H24N4O3/c1-11(2)19(20-23-14-5-3-4-6-15(14)24-20)25-16(27)10-26-21(28)17-12-7-8-13(9-12)18(17)22(26)29/h3-8,11-13,17-19H,9-10H2,1-2H3,(H,23,24)(H,25,27)/t12-,13+,17-,18-,19-/m0/s1. The van der Waals surface area contributed by atoms with Crippen LogP contribution in [0.15, 0.2) is 36.4 Å². The van der Waals surface area contributed by atoms with Crippen LogP contribution in [-0.4, -0.2) is 39.1 Å². The number of para-hydroxylation sites is 2. The van der Waals surface area contributed by atoms with Gasteiger partial charge < -0.3 is 10.3 Å². The number of imidazole rings is 1. The molecule has 1 saturated carbocycles. The van der Waals surface area contributed by atoms with E-state index < -0.39 is 0 Å². The molecule has 1 aliphatic heterocycles. The molecule has 150 valence electrons. The summed E-state index contributed by atoms with van der Waals surface area (Å²) in [5, 5.41) is 2.97. The van der Waals surface area contributed by atoms with Gasteiger partial charge in [0.25, 0.3) is 0 Å². The molecule has 3 aliphatic rings. The van der Waals surface area contributed by atoms with E-state index in [2.05, 4.69) is 27.4 Å². The fraction of sp³-hybridized carbons (Fsp3) is 0.455. The summed E-state index contributed by atoms with van der Waals surface area (Å²) in [6, 6.07) is 7.36. The van der Waals surface area contributed by atoms with E-state index in [1.54, 1.807) is 0 Å². The molecule has 1 saturated heterocycles. The smallest absolute Gasteiger partial charge is 0.240 e. The van der Waals surface area contributed by atoms with E-state index in [0.717, 1.165) is 22.4 Å². The Morgan fingerprint density at radius 3 is 2.45 bits per heavy atom. The molecule has 5 atom stereocenters. The van der Waals surface area contributed by atoms with Crippen LogP contribution in [0.25, 0.3) is 11.0 Å². The monoisotopic (exact) mass is 392 g/mol. The summed E-state index contributed by atoms with van der Waals surface area (Å²) in [5.41, 5.74) is 1.74. The fourth-order valence-electron chi connectivity index (χ4n) is 5.15. The third-order valence-electron chi connectivity index (χ3n) is 6.55. The molecule has 2 bridgehead atoms. The van der Waals surface area contributed by atoms with Crippen LogP contribution in [0.4, 0.5) is 0 Å². The Morgan fingerprint density at radius 1 is 1.17 bits per heavy atom. The third-order valence-corrected chi connectivity index (χ3v) is 6.55. The SMILES string of the molecule is CC(C)[C@H](NC(=O)CN1C(=O)[C@@H]2[C@@H](C1=O)[C@H]1C=C[C@@H]2C1)c1nc2ccccc2[nH]1. The number of carbonyl (C=O) groups excluding carboxylic acids is 3. The number of hydrogen-bond acceptors (Lipinski definition) is 4. The largest absolute Gasteiger partial charge is 0.344 e. The Morgan fingerprint density at radius 2 is 1.83 bits per heavy atom. The van der Waals surface area contributed by atoms with Crippen molar-refractivity contribution in [2.75, 3.05) is 6.54 Å². The topological polar surface area (TPSA) is 95.2 Å². The Bertz CT molecular complexity index is 977. The molecule has 0 unspecified atom stereocenters. The van der Waals surface area contributed by atoms with Crippen LogP contribution in [-0.2, 0) is 14.4 Å². The Kier molecular flexibility index (Phi) is 4.08. The number of amides is 3. The molecule has 0 spiro atoms. The van der Waals surface area contributed by atoms with Crippen molar-refractivity contribution >= 4 is 28.8 Å². The molecule has 0 radical (unpaired) electrons. The van der Waals surface area contributed by atoms with Crippen LogP contribution >= 0.6 is 0 Å². The molecule has 1 aromatic carbocycles. The highest BCUT2D eigenvalue weighted by Gasteiger charge is 2.59. The van der Waals surface area contributed by atoms with Gasteiger partial charge in [0.15, 0.2) is 0 Å². The number of aromatic amines is 1. The van der Waals surface area contributed by atoms with Gasteiger partial charge in [-0.1, -0.05) is 38.1 Å². The van der Waals surface area contributed by atoms with Gasteiger partial charge in [-0.2, -0.15) is 0 Å². The van der Waals surface area contributed by atoms with Gasteiger partial charge in [-0.25, -0.2) is 4.98 Å². The number of fused-ring (bicyclic) bond motifs is 6. The van der Waals surface area contributed by atoms with Gasteiger partial charge in [-0.3, -0.25) is 19.3 Å². The van der Waals surface area contributed by atoms with Gasteiger partial charge in [0.2, 0.25) is 17.7 Å². The van der Waals surface area contributed by atoms with Gasteiger partial charge in [-0.15, -0.1) is 0 Å². The molecule has 2 aromatic rings. The number of imide groups is 1. The summed E-state index contributed by atoms with van der Waals surface area (Å²) in [6.45, 7) is 3.77. The summed E-state index contributed by atoms with van der Waals surface area (Å²) in [6.07, 6.45) is 4.99. The summed E-state index contributed by atoms with van der Waals surface area (Å²) in [4.78, 5) is 47.4. The molecule has 5 rings (SSSR count). The number of benzene rings is 1. The second kappa shape index (κ2) is 6.54. The molecule has 7 nitrogen and oxygen atoms in total. The van der Waals surface area contributed by atoms with Crippen molar-refractivity contribution < 1.29 is 14.4 Å². The summed E-state index contributed by atoms with van der Waals surface area (Å²) >= 11 is 0. The molecule has 29 heavy (non-hydrogen) atoms. The second-order valence-corrected chi connectivity index (χ2v) is 8.69. The fourth-order valence-corrected chi connectivity index (χ4v) is 5.15. The van der Waals surface area contributed by atoms with Gasteiger partial charge in [0.05, 0.1) is 28.9 Å². The molecule has 2 aliphatic carbocycles. The van der Waals surface area contributed by atoms with Crippen LogP contribution < -0.4 is 5.32 Å². The molecule has 2 N–H and O–H groups in total. The van der Waals surface area contributed by atoms with Crippen LogP contribution in [0.5, 0.6) is 0 Å². The van der Waals surface area contributed by atoms with Crippen molar-refractivity contribution in [1.82, 2.24) is 20.2 Å². The van der Waals surface area contributed by atoms with Gasteiger partial charge in [0.1, 0.15) is 12.4 Å². The van der Waals surface area contributed by atoms with Gasteiger partial charge in [-0.05, 0) is 36.3 Å². The Balaban J connectivity index is 1.31. The summed E-state index contributed by atoms with van der Waals surface area (Å²) in [5.74, 6) is -0.235. The molecule has 1 aromatic heterocycles.